The third kappa shape index (κ3) is 2.14. The second-order valence-corrected chi connectivity index (χ2v) is 6.55. The summed E-state index contributed by atoms with van der Waals surface area (Å²) in [6, 6.07) is 2.52. The first-order valence-electron chi connectivity index (χ1n) is 7.18. The molecule has 0 spiro atoms. The molecule has 3 rings (SSSR count). The molecule has 16 heavy (non-hydrogen) atoms. The summed E-state index contributed by atoms with van der Waals surface area (Å²) < 4.78 is 0. The Balaban J connectivity index is 1.61. The Morgan fingerprint density at radius 2 is 2.06 bits per heavy atom. The Morgan fingerprint density at radius 1 is 1.31 bits per heavy atom. The van der Waals surface area contributed by atoms with E-state index in [-0.39, 0.29) is 0 Å². The van der Waals surface area contributed by atoms with Gasteiger partial charge in [0.1, 0.15) is 0 Å². The molecule has 3 fully saturated rings. The highest BCUT2D eigenvalue weighted by Gasteiger charge is 2.48. The second-order valence-electron chi connectivity index (χ2n) is 6.55. The Labute approximate surface area is 99.8 Å². The Kier molecular flexibility index (Phi) is 2.75. The van der Waals surface area contributed by atoms with Crippen molar-refractivity contribution < 1.29 is 0 Å². The predicted molar refractivity (Wildman–Crippen MR) is 67.6 cm³/mol. The van der Waals surface area contributed by atoms with Crippen LogP contribution in [0.2, 0.25) is 0 Å². The van der Waals surface area contributed by atoms with Crippen molar-refractivity contribution in [1.82, 2.24) is 10.2 Å². The molecule has 2 aliphatic carbocycles. The van der Waals surface area contributed by atoms with Crippen molar-refractivity contribution in [3.05, 3.63) is 0 Å². The van der Waals surface area contributed by atoms with Gasteiger partial charge in [0.05, 0.1) is 0 Å². The van der Waals surface area contributed by atoms with Gasteiger partial charge in [0.15, 0.2) is 0 Å². The zero-order valence-electron chi connectivity index (χ0n) is 10.8. The van der Waals surface area contributed by atoms with Gasteiger partial charge in [-0.25, -0.2) is 0 Å². The zero-order valence-corrected chi connectivity index (χ0v) is 10.8. The van der Waals surface area contributed by atoms with Crippen LogP contribution in [-0.2, 0) is 0 Å². The van der Waals surface area contributed by atoms with Crippen LogP contribution in [-0.4, -0.2) is 36.1 Å². The van der Waals surface area contributed by atoms with Crippen molar-refractivity contribution in [2.75, 3.05) is 13.1 Å². The summed E-state index contributed by atoms with van der Waals surface area (Å²) in [7, 11) is 0. The number of hydrogen-bond acceptors (Lipinski definition) is 2. The average molecular weight is 222 g/mol. The fourth-order valence-electron chi connectivity index (χ4n) is 3.21. The standard InChI is InChI=1S/C14H26N2/c1-11(14(2)7-8-14)16(13-5-6-13)10-12-4-3-9-15-12/h11-13,15H,3-10H2,1-2H3. The lowest BCUT2D eigenvalue weighted by molar-refractivity contribution is 0.129. The molecule has 2 nitrogen and oxygen atoms in total. The molecular formula is C14H26N2. The summed E-state index contributed by atoms with van der Waals surface area (Å²) in [6.07, 6.45) is 8.59. The molecule has 2 atom stereocenters. The van der Waals surface area contributed by atoms with Gasteiger partial charge in [0.2, 0.25) is 0 Å². The van der Waals surface area contributed by atoms with Gasteiger partial charge in [0.25, 0.3) is 0 Å². The third-order valence-corrected chi connectivity index (χ3v) is 5.15. The van der Waals surface area contributed by atoms with Gasteiger partial charge < -0.3 is 5.32 Å². The fraction of sp³-hybridized carbons (Fsp3) is 1.00. The lowest BCUT2D eigenvalue weighted by Crippen LogP contribution is -2.46. The quantitative estimate of drug-likeness (QED) is 0.768. The summed E-state index contributed by atoms with van der Waals surface area (Å²) in [4.78, 5) is 2.83. The van der Waals surface area contributed by atoms with Gasteiger partial charge in [-0.3, -0.25) is 4.90 Å². The molecule has 0 radical (unpaired) electrons. The van der Waals surface area contributed by atoms with Crippen molar-refractivity contribution in [1.29, 1.82) is 0 Å². The number of rotatable bonds is 5. The van der Waals surface area contributed by atoms with Crippen molar-refractivity contribution in [2.45, 2.75) is 70.5 Å². The maximum absolute atomic E-state index is 3.65. The molecule has 92 valence electrons. The summed E-state index contributed by atoms with van der Waals surface area (Å²) in [6.45, 7) is 7.51. The van der Waals surface area contributed by atoms with E-state index in [0.717, 1.165) is 18.1 Å². The summed E-state index contributed by atoms with van der Waals surface area (Å²) in [5.41, 5.74) is 0.654. The van der Waals surface area contributed by atoms with E-state index in [1.165, 1.54) is 51.6 Å². The van der Waals surface area contributed by atoms with Crippen molar-refractivity contribution >= 4 is 0 Å². The minimum absolute atomic E-state index is 0.654. The molecule has 0 amide bonds. The van der Waals surface area contributed by atoms with Crippen LogP contribution in [0.25, 0.3) is 0 Å². The summed E-state index contributed by atoms with van der Waals surface area (Å²) in [5, 5.41) is 3.65. The largest absolute Gasteiger partial charge is 0.313 e. The SMILES string of the molecule is CC(N(CC1CCCN1)C1CC1)C1(C)CC1. The summed E-state index contributed by atoms with van der Waals surface area (Å²) in [5.74, 6) is 0. The maximum atomic E-state index is 3.65. The Hall–Kier alpha value is -0.0800. The molecule has 2 saturated carbocycles. The maximum Gasteiger partial charge on any atom is 0.0195 e. The van der Waals surface area contributed by atoms with Crippen LogP contribution in [0.3, 0.4) is 0 Å². The highest BCUT2D eigenvalue weighted by atomic mass is 15.2. The van der Waals surface area contributed by atoms with Crippen LogP contribution in [0.1, 0.15) is 52.4 Å². The lowest BCUT2D eigenvalue weighted by Gasteiger charge is -2.35. The van der Waals surface area contributed by atoms with Gasteiger partial charge >= 0.3 is 0 Å². The fourth-order valence-corrected chi connectivity index (χ4v) is 3.21. The molecule has 1 aliphatic heterocycles. The molecule has 1 saturated heterocycles. The van der Waals surface area contributed by atoms with Crippen LogP contribution in [0.4, 0.5) is 0 Å². The molecule has 2 heteroatoms. The van der Waals surface area contributed by atoms with E-state index in [9.17, 15) is 0 Å². The van der Waals surface area contributed by atoms with E-state index >= 15 is 0 Å². The van der Waals surface area contributed by atoms with E-state index in [1.807, 2.05) is 0 Å². The minimum Gasteiger partial charge on any atom is -0.313 e. The molecular weight excluding hydrogens is 196 g/mol. The first kappa shape index (κ1) is 11.0. The average Bonchev–Trinajstić information content (AvgIpc) is 3.18. The minimum atomic E-state index is 0.654. The van der Waals surface area contributed by atoms with E-state index in [4.69, 9.17) is 0 Å². The predicted octanol–water partition coefficient (Wildman–Crippen LogP) is 2.39. The number of nitrogens with one attached hydrogen (secondary N) is 1. The van der Waals surface area contributed by atoms with E-state index in [2.05, 4.69) is 24.1 Å². The third-order valence-electron chi connectivity index (χ3n) is 5.15. The second kappa shape index (κ2) is 3.99. The van der Waals surface area contributed by atoms with E-state index in [0.29, 0.717) is 5.41 Å². The molecule has 0 aromatic rings. The molecule has 0 bridgehead atoms. The molecule has 0 aromatic carbocycles. The highest BCUT2D eigenvalue weighted by molar-refractivity contribution is 5.02. The van der Waals surface area contributed by atoms with Gasteiger partial charge in [-0.1, -0.05) is 6.92 Å². The number of nitrogens with zero attached hydrogens (tertiary/aromatic N) is 1. The van der Waals surface area contributed by atoms with Crippen molar-refractivity contribution in [3.8, 4) is 0 Å². The van der Waals surface area contributed by atoms with Crippen LogP contribution < -0.4 is 5.32 Å². The van der Waals surface area contributed by atoms with Crippen LogP contribution in [0, 0.1) is 5.41 Å². The van der Waals surface area contributed by atoms with Crippen molar-refractivity contribution in [3.63, 3.8) is 0 Å². The number of hydrogen-bond donors (Lipinski definition) is 1. The summed E-state index contributed by atoms with van der Waals surface area (Å²) >= 11 is 0. The molecule has 1 heterocycles. The molecule has 3 aliphatic rings. The van der Waals surface area contributed by atoms with Crippen LogP contribution >= 0.6 is 0 Å². The Bertz CT molecular complexity index is 249. The molecule has 2 unspecified atom stereocenters. The van der Waals surface area contributed by atoms with Crippen LogP contribution in [0.5, 0.6) is 0 Å². The van der Waals surface area contributed by atoms with Crippen molar-refractivity contribution in [2.24, 2.45) is 5.41 Å². The zero-order chi connectivity index (χ0) is 11.2. The first-order chi connectivity index (χ1) is 7.69. The first-order valence-corrected chi connectivity index (χ1v) is 7.18. The smallest absolute Gasteiger partial charge is 0.0195 e. The van der Waals surface area contributed by atoms with E-state index < -0.39 is 0 Å². The topological polar surface area (TPSA) is 15.3 Å². The monoisotopic (exact) mass is 222 g/mol. The normalized spacial score (nSPS) is 34.3. The molecule has 0 aromatic heterocycles. The Morgan fingerprint density at radius 3 is 2.56 bits per heavy atom. The van der Waals surface area contributed by atoms with Gasteiger partial charge in [0, 0.05) is 24.7 Å². The van der Waals surface area contributed by atoms with Gasteiger partial charge in [-0.15, -0.1) is 0 Å². The van der Waals surface area contributed by atoms with Gasteiger partial charge in [-0.05, 0) is 57.4 Å². The van der Waals surface area contributed by atoms with E-state index in [1.54, 1.807) is 0 Å². The lowest BCUT2D eigenvalue weighted by atomic mass is 9.98. The van der Waals surface area contributed by atoms with Gasteiger partial charge in [-0.2, -0.15) is 0 Å². The highest BCUT2D eigenvalue weighted by Crippen LogP contribution is 2.51. The van der Waals surface area contributed by atoms with Crippen LogP contribution in [0.15, 0.2) is 0 Å². The molecule has 1 N–H and O–H groups in total.